The first-order valence-corrected chi connectivity index (χ1v) is 12.4. The lowest BCUT2D eigenvalue weighted by Crippen LogP contribution is -2.39. The Labute approximate surface area is 219 Å². The van der Waals surface area contributed by atoms with Gasteiger partial charge in [-0.05, 0) is 52.9 Å². The van der Waals surface area contributed by atoms with Gasteiger partial charge in [-0.1, -0.05) is 13.8 Å². The third kappa shape index (κ3) is 8.59. The third-order valence-corrected chi connectivity index (χ3v) is 5.78. The van der Waals surface area contributed by atoms with Crippen molar-refractivity contribution in [2.24, 2.45) is 0 Å². The quantitative estimate of drug-likeness (QED) is 0.377. The molecular weight excluding hydrogens is 476 g/mol. The molecule has 0 bridgehead atoms. The highest BCUT2D eigenvalue weighted by atomic mass is 16.6. The zero-order valence-electron chi connectivity index (χ0n) is 23.2. The van der Waals surface area contributed by atoms with Crippen molar-refractivity contribution < 1.29 is 28.5 Å². The number of nitrogens with zero attached hydrogens (tertiary/aromatic N) is 4. The van der Waals surface area contributed by atoms with Crippen LogP contribution in [0.3, 0.4) is 0 Å². The van der Waals surface area contributed by atoms with E-state index in [-0.39, 0.29) is 18.8 Å². The number of hydrogen-bond donors (Lipinski definition) is 0. The van der Waals surface area contributed by atoms with Crippen molar-refractivity contribution in [2.75, 3.05) is 40.5 Å². The molecule has 1 atom stereocenters. The number of aromatic nitrogens is 2. The molecule has 0 aliphatic heterocycles. The summed E-state index contributed by atoms with van der Waals surface area (Å²) in [6, 6.07) is 4.69. The van der Waals surface area contributed by atoms with Gasteiger partial charge in [0.2, 0.25) is 0 Å². The topological polar surface area (TPSA) is 103 Å². The van der Waals surface area contributed by atoms with E-state index >= 15 is 0 Å². The minimum absolute atomic E-state index is 0.0600. The number of methoxy groups -OCH3 is 2. The predicted molar refractivity (Wildman–Crippen MR) is 140 cm³/mol. The second-order valence-electron chi connectivity index (χ2n) is 9.41. The molecule has 0 saturated carbocycles. The Balaban J connectivity index is 2.38. The molecule has 0 spiro atoms. The number of hydrogen-bond acceptors (Lipinski definition) is 9. The van der Waals surface area contributed by atoms with E-state index in [0.29, 0.717) is 23.7 Å². The first-order valence-electron chi connectivity index (χ1n) is 12.4. The molecular formula is C27H40N4O6. The van der Waals surface area contributed by atoms with Gasteiger partial charge in [0, 0.05) is 30.6 Å². The lowest BCUT2D eigenvalue weighted by Gasteiger charge is -2.32. The summed E-state index contributed by atoms with van der Waals surface area (Å²) in [5.41, 5.74) is 0.375. The average molecular weight is 517 g/mol. The summed E-state index contributed by atoms with van der Waals surface area (Å²) in [7, 11) is 3.12. The fourth-order valence-electron chi connectivity index (χ4n) is 3.68. The first kappa shape index (κ1) is 29.8. The van der Waals surface area contributed by atoms with Crippen LogP contribution in [0.25, 0.3) is 0 Å². The molecule has 1 unspecified atom stereocenters. The van der Waals surface area contributed by atoms with Gasteiger partial charge in [-0.2, -0.15) is 0 Å². The third-order valence-electron chi connectivity index (χ3n) is 5.78. The summed E-state index contributed by atoms with van der Waals surface area (Å²) < 4.78 is 22.0. The summed E-state index contributed by atoms with van der Waals surface area (Å²) in [5.74, 6) is 0.588. The van der Waals surface area contributed by atoms with Crippen molar-refractivity contribution in [3.05, 3.63) is 47.5 Å². The van der Waals surface area contributed by atoms with Crippen LogP contribution in [0.4, 0.5) is 4.79 Å². The molecule has 0 radical (unpaired) electrons. The van der Waals surface area contributed by atoms with Crippen LogP contribution < -0.4 is 9.47 Å². The van der Waals surface area contributed by atoms with Crippen molar-refractivity contribution in [1.82, 2.24) is 19.8 Å². The number of benzene rings is 1. The van der Waals surface area contributed by atoms with Crippen LogP contribution in [0, 0.1) is 0 Å². The summed E-state index contributed by atoms with van der Waals surface area (Å²) in [6.45, 7) is 14.0. The Bertz CT molecular complexity index is 1040. The first-order chi connectivity index (χ1) is 17.5. The summed E-state index contributed by atoms with van der Waals surface area (Å²) in [6.07, 6.45) is 2.35. The summed E-state index contributed by atoms with van der Waals surface area (Å²) in [4.78, 5) is 38.6. The van der Waals surface area contributed by atoms with E-state index in [9.17, 15) is 9.59 Å². The van der Waals surface area contributed by atoms with Gasteiger partial charge in [-0.3, -0.25) is 9.88 Å². The van der Waals surface area contributed by atoms with Crippen molar-refractivity contribution >= 4 is 12.1 Å². The van der Waals surface area contributed by atoms with Crippen molar-refractivity contribution in [3.63, 3.8) is 0 Å². The van der Waals surface area contributed by atoms with Gasteiger partial charge in [-0.15, -0.1) is 0 Å². The van der Waals surface area contributed by atoms with Gasteiger partial charge in [0.25, 0.3) is 0 Å². The minimum atomic E-state index is -0.729. The normalized spacial score (nSPS) is 12.1. The number of carbonyl (C=O) groups is 2. The van der Waals surface area contributed by atoms with Crippen LogP contribution in [0.15, 0.2) is 30.6 Å². The number of likely N-dealkylation sites (N-methyl/N-ethyl adjacent to an activating group) is 1. The van der Waals surface area contributed by atoms with Crippen LogP contribution in [-0.2, 0) is 16.0 Å². The highest BCUT2D eigenvalue weighted by Gasteiger charge is 2.32. The van der Waals surface area contributed by atoms with Crippen molar-refractivity contribution in [3.8, 4) is 11.5 Å². The number of amides is 1. The van der Waals surface area contributed by atoms with Crippen LogP contribution in [0.1, 0.15) is 69.3 Å². The Morgan fingerprint density at radius 3 is 2.30 bits per heavy atom. The Hall–Kier alpha value is -3.40. The predicted octanol–water partition coefficient (Wildman–Crippen LogP) is 4.49. The standard InChI is InChI=1S/C27H40N4O6/c1-9-30(10-2)15-16-36-25(32)24-23(28-13-14-29-24)19(3)31(26(33)37-27(4,5)6)18-20-11-12-21(34-7)17-22(20)35-8/h11-14,17,19H,9-10,15-16,18H2,1-8H3. The second-order valence-corrected chi connectivity index (χ2v) is 9.41. The van der Waals surface area contributed by atoms with E-state index < -0.39 is 23.7 Å². The van der Waals surface area contributed by atoms with E-state index in [1.54, 1.807) is 54.0 Å². The zero-order valence-corrected chi connectivity index (χ0v) is 23.2. The fraction of sp³-hybridized carbons (Fsp3) is 0.556. The Kier molecular flexibility index (Phi) is 11.1. The van der Waals surface area contributed by atoms with Crippen LogP contribution >= 0.6 is 0 Å². The molecule has 0 fully saturated rings. The monoisotopic (exact) mass is 516 g/mol. The second kappa shape index (κ2) is 13.8. The van der Waals surface area contributed by atoms with E-state index in [0.717, 1.165) is 18.7 Å². The van der Waals surface area contributed by atoms with E-state index in [4.69, 9.17) is 18.9 Å². The Morgan fingerprint density at radius 1 is 1.03 bits per heavy atom. The fourth-order valence-corrected chi connectivity index (χ4v) is 3.68. The van der Waals surface area contributed by atoms with Gasteiger partial charge in [0.15, 0.2) is 5.69 Å². The van der Waals surface area contributed by atoms with Crippen LogP contribution in [0.2, 0.25) is 0 Å². The molecule has 1 aromatic heterocycles. The molecule has 2 rings (SSSR count). The molecule has 10 nitrogen and oxygen atoms in total. The molecule has 204 valence electrons. The van der Waals surface area contributed by atoms with E-state index in [2.05, 4.69) is 28.7 Å². The van der Waals surface area contributed by atoms with Gasteiger partial charge in [0.1, 0.15) is 23.7 Å². The molecule has 10 heteroatoms. The number of ether oxygens (including phenoxy) is 4. The van der Waals surface area contributed by atoms with Crippen LogP contribution in [0.5, 0.6) is 11.5 Å². The molecule has 2 aromatic rings. The van der Waals surface area contributed by atoms with Gasteiger partial charge < -0.3 is 23.8 Å². The molecule has 0 aliphatic carbocycles. The molecule has 0 aliphatic rings. The van der Waals surface area contributed by atoms with E-state index in [1.807, 2.05) is 6.07 Å². The Morgan fingerprint density at radius 2 is 1.70 bits per heavy atom. The highest BCUT2D eigenvalue weighted by molar-refractivity contribution is 5.88. The lowest BCUT2D eigenvalue weighted by molar-refractivity contribution is 0.0142. The average Bonchev–Trinajstić information content (AvgIpc) is 2.88. The largest absolute Gasteiger partial charge is 0.497 e. The van der Waals surface area contributed by atoms with E-state index in [1.165, 1.54) is 17.3 Å². The minimum Gasteiger partial charge on any atom is -0.497 e. The molecule has 1 amide bonds. The number of rotatable bonds is 12. The number of carbonyl (C=O) groups excluding carboxylic acids is 2. The van der Waals surface area contributed by atoms with Gasteiger partial charge in [-0.25, -0.2) is 14.6 Å². The summed E-state index contributed by atoms with van der Waals surface area (Å²) in [5, 5.41) is 0. The zero-order chi connectivity index (χ0) is 27.6. The smallest absolute Gasteiger partial charge is 0.411 e. The molecule has 0 N–H and O–H groups in total. The van der Waals surface area contributed by atoms with Crippen molar-refractivity contribution in [1.29, 1.82) is 0 Å². The summed E-state index contributed by atoms with van der Waals surface area (Å²) >= 11 is 0. The van der Waals surface area contributed by atoms with Crippen LogP contribution in [-0.4, -0.2) is 77.9 Å². The van der Waals surface area contributed by atoms with Gasteiger partial charge >= 0.3 is 12.1 Å². The maximum Gasteiger partial charge on any atom is 0.411 e. The molecule has 0 saturated heterocycles. The molecule has 1 aromatic carbocycles. The highest BCUT2D eigenvalue weighted by Crippen LogP contribution is 2.30. The van der Waals surface area contributed by atoms with Gasteiger partial charge in [0.05, 0.1) is 32.5 Å². The molecule has 37 heavy (non-hydrogen) atoms. The molecule has 1 heterocycles. The lowest BCUT2D eigenvalue weighted by atomic mass is 10.1. The SMILES string of the molecule is CCN(CC)CCOC(=O)c1nccnc1C(C)N(Cc1ccc(OC)cc1OC)C(=O)OC(C)(C)C. The maximum atomic E-state index is 13.4. The number of esters is 1. The maximum absolute atomic E-state index is 13.4. The van der Waals surface area contributed by atoms with Crippen molar-refractivity contribution in [2.45, 2.75) is 59.7 Å².